The van der Waals surface area contributed by atoms with Crippen molar-refractivity contribution in [3.63, 3.8) is 0 Å². The highest BCUT2D eigenvalue weighted by Crippen LogP contribution is 2.39. The van der Waals surface area contributed by atoms with E-state index in [1.165, 1.54) is 13.0 Å². The van der Waals surface area contributed by atoms with E-state index in [9.17, 15) is 9.18 Å². The number of anilines is 3. The summed E-state index contributed by atoms with van der Waals surface area (Å²) < 4.78 is 14.1. The zero-order valence-electron chi connectivity index (χ0n) is 11.1. The van der Waals surface area contributed by atoms with Gasteiger partial charge >= 0.3 is 0 Å². The van der Waals surface area contributed by atoms with Crippen molar-refractivity contribution in [3.05, 3.63) is 41.2 Å². The molecule has 2 rings (SSSR count). The minimum Gasteiger partial charge on any atom is -0.398 e. The number of halogens is 2. The molecule has 0 aromatic heterocycles. The molecule has 0 radical (unpaired) electrons. The standard InChI is InChI=1S/C14H13ClFN3OS/c1-7(20)19-8-2-4-9(5-3-8)21-14-11(18)6-10(17)12(15)13(14)16/h2-6H,17-18H2,1H3,(H,19,20). The molecular formula is C14H13ClFN3OS. The fraction of sp³-hybridized carbons (Fsp3) is 0.0714. The van der Waals surface area contributed by atoms with Crippen molar-refractivity contribution in [3.8, 4) is 0 Å². The van der Waals surface area contributed by atoms with Crippen LogP contribution >= 0.6 is 23.4 Å². The van der Waals surface area contributed by atoms with Crippen LogP contribution in [0.25, 0.3) is 0 Å². The highest BCUT2D eigenvalue weighted by molar-refractivity contribution is 7.99. The molecule has 0 saturated carbocycles. The summed E-state index contributed by atoms with van der Waals surface area (Å²) in [5.74, 6) is -0.791. The third-order valence-electron chi connectivity index (χ3n) is 2.61. The molecule has 0 spiro atoms. The van der Waals surface area contributed by atoms with Gasteiger partial charge in [0.2, 0.25) is 5.91 Å². The van der Waals surface area contributed by atoms with Crippen LogP contribution in [0.5, 0.6) is 0 Å². The summed E-state index contributed by atoms with van der Waals surface area (Å²) in [7, 11) is 0. The largest absolute Gasteiger partial charge is 0.398 e. The third-order valence-corrected chi connectivity index (χ3v) is 4.12. The monoisotopic (exact) mass is 325 g/mol. The van der Waals surface area contributed by atoms with E-state index in [4.69, 9.17) is 23.1 Å². The lowest BCUT2D eigenvalue weighted by molar-refractivity contribution is -0.114. The second kappa shape index (κ2) is 6.24. The lowest BCUT2D eigenvalue weighted by Gasteiger charge is -2.10. The number of nitrogens with one attached hydrogen (secondary N) is 1. The molecule has 21 heavy (non-hydrogen) atoms. The number of carbonyl (C=O) groups excluding carboxylic acids is 1. The van der Waals surface area contributed by atoms with Gasteiger partial charge in [0.05, 0.1) is 16.3 Å². The Morgan fingerprint density at radius 3 is 2.43 bits per heavy atom. The maximum absolute atomic E-state index is 14.1. The Bertz CT molecular complexity index is 692. The van der Waals surface area contributed by atoms with Crippen LogP contribution in [0.2, 0.25) is 5.02 Å². The third kappa shape index (κ3) is 3.59. The van der Waals surface area contributed by atoms with Gasteiger partial charge in [0, 0.05) is 17.5 Å². The fourth-order valence-electron chi connectivity index (χ4n) is 1.68. The summed E-state index contributed by atoms with van der Waals surface area (Å²) >= 11 is 6.93. The van der Waals surface area contributed by atoms with Gasteiger partial charge in [-0.05, 0) is 30.3 Å². The van der Waals surface area contributed by atoms with Crippen LogP contribution in [-0.4, -0.2) is 5.91 Å². The highest BCUT2D eigenvalue weighted by atomic mass is 35.5. The van der Waals surface area contributed by atoms with Crippen LogP contribution in [-0.2, 0) is 4.79 Å². The van der Waals surface area contributed by atoms with E-state index in [1.54, 1.807) is 24.3 Å². The predicted molar refractivity (Wildman–Crippen MR) is 85.1 cm³/mol. The van der Waals surface area contributed by atoms with Crippen molar-refractivity contribution in [2.45, 2.75) is 16.7 Å². The Kier molecular flexibility index (Phi) is 4.59. The maximum atomic E-state index is 14.1. The Balaban J connectivity index is 2.26. The van der Waals surface area contributed by atoms with Crippen molar-refractivity contribution in [2.24, 2.45) is 0 Å². The van der Waals surface area contributed by atoms with Crippen molar-refractivity contribution in [1.82, 2.24) is 0 Å². The zero-order valence-corrected chi connectivity index (χ0v) is 12.7. The molecule has 4 nitrogen and oxygen atoms in total. The summed E-state index contributed by atoms with van der Waals surface area (Å²) in [5.41, 5.74) is 12.3. The molecule has 0 unspecified atom stereocenters. The van der Waals surface area contributed by atoms with E-state index >= 15 is 0 Å². The first kappa shape index (κ1) is 15.5. The van der Waals surface area contributed by atoms with Gasteiger partial charge in [-0.15, -0.1) is 0 Å². The number of hydrogen-bond donors (Lipinski definition) is 3. The summed E-state index contributed by atoms with van der Waals surface area (Å²) in [4.78, 5) is 11.9. The molecule has 2 aromatic carbocycles. The Labute approximate surface area is 130 Å². The smallest absolute Gasteiger partial charge is 0.221 e. The van der Waals surface area contributed by atoms with Gasteiger partial charge in [-0.3, -0.25) is 4.79 Å². The van der Waals surface area contributed by atoms with Crippen LogP contribution in [0.15, 0.2) is 40.1 Å². The molecular weight excluding hydrogens is 313 g/mol. The SMILES string of the molecule is CC(=O)Nc1ccc(Sc2c(N)cc(N)c(Cl)c2F)cc1. The quantitative estimate of drug-likeness (QED) is 0.751. The molecule has 110 valence electrons. The number of nitrogens with two attached hydrogens (primary N) is 2. The van der Waals surface area contributed by atoms with E-state index in [0.717, 1.165) is 16.7 Å². The molecule has 0 aliphatic carbocycles. The minimum absolute atomic E-state index is 0.108. The van der Waals surface area contributed by atoms with Crippen LogP contribution in [0, 0.1) is 5.82 Å². The first-order valence-corrected chi connectivity index (χ1v) is 7.16. The van der Waals surface area contributed by atoms with Crippen molar-refractivity contribution >= 4 is 46.3 Å². The van der Waals surface area contributed by atoms with Gasteiger partial charge in [0.1, 0.15) is 5.02 Å². The van der Waals surface area contributed by atoms with E-state index in [2.05, 4.69) is 5.32 Å². The minimum atomic E-state index is -0.634. The van der Waals surface area contributed by atoms with Crippen LogP contribution in [0.3, 0.4) is 0 Å². The Morgan fingerprint density at radius 2 is 1.86 bits per heavy atom. The van der Waals surface area contributed by atoms with Gasteiger partial charge < -0.3 is 16.8 Å². The molecule has 0 atom stereocenters. The average molecular weight is 326 g/mol. The number of nitrogen functional groups attached to an aromatic ring is 2. The highest BCUT2D eigenvalue weighted by Gasteiger charge is 2.15. The molecule has 0 fully saturated rings. The van der Waals surface area contributed by atoms with E-state index in [1.807, 2.05) is 0 Å². The zero-order chi connectivity index (χ0) is 15.6. The topological polar surface area (TPSA) is 81.1 Å². The molecule has 0 saturated heterocycles. The molecule has 1 amide bonds. The Hall–Kier alpha value is -1.92. The number of hydrogen-bond acceptors (Lipinski definition) is 4. The van der Waals surface area contributed by atoms with Crippen LogP contribution in [0.4, 0.5) is 21.5 Å². The molecule has 7 heteroatoms. The molecule has 0 aliphatic rings. The van der Waals surface area contributed by atoms with Gasteiger partial charge in [0.15, 0.2) is 5.82 Å². The average Bonchev–Trinajstić information content (AvgIpc) is 2.42. The number of rotatable bonds is 3. The maximum Gasteiger partial charge on any atom is 0.221 e. The molecule has 5 N–H and O–H groups in total. The lowest BCUT2D eigenvalue weighted by atomic mass is 10.3. The second-order valence-corrected chi connectivity index (χ2v) is 5.78. The van der Waals surface area contributed by atoms with Crippen molar-refractivity contribution in [1.29, 1.82) is 0 Å². The van der Waals surface area contributed by atoms with Crippen LogP contribution < -0.4 is 16.8 Å². The van der Waals surface area contributed by atoms with Crippen molar-refractivity contribution in [2.75, 3.05) is 16.8 Å². The summed E-state index contributed by atoms with van der Waals surface area (Å²) in [6, 6.07) is 8.37. The predicted octanol–water partition coefficient (Wildman–Crippen LogP) is 3.75. The Morgan fingerprint density at radius 1 is 1.24 bits per heavy atom. The van der Waals surface area contributed by atoms with Gasteiger partial charge in [-0.2, -0.15) is 0 Å². The number of carbonyl (C=O) groups is 1. The first-order chi connectivity index (χ1) is 9.88. The molecule has 2 aromatic rings. The summed E-state index contributed by atoms with van der Waals surface area (Å²) in [6.45, 7) is 1.43. The fourth-order valence-corrected chi connectivity index (χ4v) is 2.76. The first-order valence-electron chi connectivity index (χ1n) is 5.97. The summed E-state index contributed by atoms with van der Waals surface area (Å²) in [5, 5.41) is 2.51. The normalized spacial score (nSPS) is 10.4. The molecule has 0 bridgehead atoms. The van der Waals surface area contributed by atoms with Gasteiger partial charge in [-0.1, -0.05) is 23.4 Å². The second-order valence-electron chi connectivity index (χ2n) is 4.32. The molecule has 0 aliphatic heterocycles. The van der Waals surface area contributed by atoms with Crippen molar-refractivity contribution < 1.29 is 9.18 Å². The van der Waals surface area contributed by atoms with Gasteiger partial charge in [0.25, 0.3) is 0 Å². The number of benzene rings is 2. The van der Waals surface area contributed by atoms with E-state index < -0.39 is 5.82 Å². The van der Waals surface area contributed by atoms with Crippen LogP contribution in [0.1, 0.15) is 6.92 Å². The number of amides is 1. The molecule has 0 heterocycles. The lowest BCUT2D eigenvalue weighted by Crippen LogP contribution is -2.05. The van der Waals surface area contributed by atoms with Gasteiger partial charge in [-0.25, -0.2) is 4.39 Å². The van der Waals surface area contributed by atoms with E-state index in [-0.39, 0.29) is 27.2 Å². The van der Waals surface area contributed by atoms with E-state index in [0.29, 0.717) is 5.69 Å². The summed E-state index contributed by atoms with van der Waals surface area (Å²) in [6.07, 6.45) is 0.